The van der Waals surface area contributed by atoms with Gasteiger partial charge in [0.1, 0.15) is 21.9 Å². The minimum absolute atomic E-state index is 0.189. The number of imidazole rings is 1. The zero-order valence-electron chi connectivity index (χ0n) is 16.2. The summed E-state index contributed by atoms with van der Waals surface area (Å²) < 4.78 is 5.25. The molecule has 0 fully saturated rings. The Hall–Kier alpha value is -2.46. The Labute approximate surface area is 175 Å². The molecule has 0 spiro atoms. The number of aromatic amines is 1. The average molecular weight is 432 g/mol. The van der Waals surface area contributed by atoms with Crippen LogP contribution in [0.2, 0.25) is 0 Å². The molecule has 1 amide bonds. The number of aryl methyl sites for hydroxylation is 1. The van der Waals surface area contributed by atoms with Crippen LogP contribution in [0.25, 0.3) is 11.2 Å². The van der Waals surface area contributed by atoms with Crippen molar-refractivity contribution in [2.24, 2.45) is 0 Å². The van der Waals surface area contributed by atoms with Crippen LogP contribution >= 0.6 is 23.1 Å². The number of rotatable bonds is 6. The Balaban J connectivity index is 1.55. The number of esters is 1. The van der Waals surface area contributed by atoms with Gasteiger partial charge in [-0.2, -0.15) is 0 Å². The van der Waals surface area contributed by atoms with Crippen molar-refractivity contribution in [2.45, 2.75) is 49.8 Å². The van der Waals surface area contributed by atoms with Crippen molar-refractivity contribution < 1.29 is 14.3 Å². The molecule has 29 heavy (non-hydrogen) atoms. The molecule has 10 heteroatoms. The van der Waals surface area contributed by atoms with Crippen LogP contribution in [-0.2, 0) is 22.4 Å². The summed E-state index contributed by atoms with van der Waals surface area (Å²) in [5.41, 5.74) is 2.82. The molecule has 0 radical (unpaired) electrons. The normalized spacial score (nSPS) is 14.4. The molecule has 1 atom stereocenters. The second-order valence-corrected chi connectivity index (χ2v) is 9.10. The van der Waals surface area contributed by atoms with Gasteiger partial charge in [-0.25, -0.2) is 19.7 Å². The fourth-order valence-corrected chi connectivity index (χ4v) is 5.50. The largest absolute Gasteiger partial charge is 0.462 e. The summed E-state index contributed by atoms with van der Waals surface area (Å²) >= 11 is 2.81. The third kappa shape index (κ3) is 3.99. The lowest BCUT2D eigenvalue weighted by atomic mass is 9.95. The summed E-state index contributed by atoms with van der Waals surface area (Å²) in [5, 5.41) is 3.78. The molecule has 8 nitrogen and oxygen atoms in total. The highest BCUT2D eigenvalue weighted by Crippen LogP contribution is 2.39. The van der Waals surface area contributed by atoms with E-state index in [1.807, 2.05) is 6.92 Å². The van der Waals surface area contributed by atoms with Gasteiger partial charge >= 0.3 is 5.97 Å². The maximum atomic E-state index is 12.9. The molecule has 0 aliphatic heterocycles. The minimum atomic E-state index is -0.425. The van der Waals surface area contributed by atoms with Crippen LogP contribution in [0.5, 0.6) is 0 Å². The van der Waals surface area contributed by atoms with Crippen LogP contribution in [0.1, 0.15) is 47.5 Å². The number of carbonyl (C=O) groups excluding carboxylic acids is 2. The van der Waals surface area contributed by atoms with E-state index in [9.17, 15) is 9.59 Å². The van der Waals surface area contributed by atoms with Crippen LogP contribution in [0.15, 0.2) is 17.7 Å². The molecule has 0 unspecified atom stereocenters. The smallest absolute Gasteiger partial charge is 0.341 e. The van der Waals surface area contributed by atoms with E-state index in [0.717, 1.165) is 31.2 Å². The second kappa shape index (κ2) is 8.50. The molecular weight excluding hydrogens is 410 g/mol. The zero-order chi connectivity index (χ0) is 20.4. The molecule has 152 valence electrons. The summed E-state index contributed by atoms with van der Waals surface area (Å²) in [5.74, 6) is -0.553. The Morgan fingerprint density at radius 1 is 1.31 bits per heavy atom. The number of amides is 1. The Bertz CT molecular complexity index is 1060. The molecule has 2 N–H and O–H groups in total. The highest BCUT2D eigenvalue weighted by molar-refractivity contribution is 8.00. The molecule has 0 bridgehead atoms. The summed E-state index contributed by atoms with van der Waals surface area (Å²) in [6, 6.07) is 0. The minimum Gasteiger partial charge on any atom is -0.462 e. The predicted molar refractivity (Wildman–Crippen MR) is 113 cm³/mol. The van der Waals surface area contributed by atoms with Crippen LogP contribution in [0.4, 0.5) is 5.00 Å². The number of H-pyrrole nitrogens is 1. The lowest BCUT2D eigenvalue weighted by Gasteiger charge is -2.13. The van der Waals surface area contributed by atoms with Crippen LogP contribution in [0.3, 0.4) is 0 Å². The standard InChI is InChI=1S/C19H21N5O3S2/c1-3-27-19(26)13-11-6-4-5-7-12(11)29-17(13)24-16(25)10(2)28-18-14-15(21-8-20-14)22-9-23-18/h8-10H,3-7H2,1-2H3,(H,24,25)(H,20,21,22,23)/t10-/m1/s1. The number of fused-ring (bicyclic) bond motifs is 2. The summed E-state index contributed by atoms with van der Waals surface area (Å²) in [6.07, 6.45) is 6.91. The van der Waals surface area contributed by atoms with E-state index in [1.165, 1.54) is 34.3 Å². The molecular formula is C19H21N5O3S2. The van der Waals surface area contributed by atoms with Crippen molar-refractivity contribution in [2.75, 3.05) is 11.9 Å². The monoisotopic (exact) mass is 431 g/mol. The first-order valence-corrected chi connectivity index (χ1v) is 11.2. The highest BCUT2D eigenvalue weighted by Gasteiger charge is 2.28. The number of anilines is 1. The van der Waals surface area contributed by atoms with E-state index in [4.69, 9.17) is 4.74 Å². The second-order valence-electron chi connectivity index (χ2n) is 6.66. The van der Waals surface area contributed by atoms with E-state index in [1.54, 1.807) is 13.3 Å². The van der Waals surface area contributed by atoms with Gasteiger partial charge in [0.25, 0.3) is 0 Å². The Kier molecular flexibility index (Phi) is 5.81. The van der Waals surface area contributed by atoms with E-state index in [-0.39, 0.29) is 11.9 Å². The third-order valence-electron chi connectivity index (χ3n) is 4.73. The fourth-order valence-electron chi connectivity index (χ4n) is 3.34. The number of hydrogen-bond donors (Lipinski definition) is 2. The van der Waals surface area contributed by atoms with Crippen molar-refractivity contribution >= 4 is 51.1 Å². The molecule has 1 aliphatic rings. The lowest BCUT2D eigenvalue weighted by Crippen LogP contribution is -2.23. The quantitative estimate of drug-likeness (QED) is 0.349. The molecule has 3 aromatic rings. The highest BCUT2D eigenvalue weighted by atomic mass is 32.2. The number of thioether (sulfide) groups is 1. The number of nitrogens with one attached hydrogen (secondary N) is 2. The zero-order valence-corrected chi connectivity index (χ0v) is 17.8. The van der Waals surface area contributed by atoms with Gasteiger partial charge in [-0.1, -0.05) is 11.8 Å². The van der Waals surface area contributed by atoms with Crippen molar-refractivity contribution in [3.63, 3.8) is 0 Å². The van der Waals surface area contributed by atoms with Gasteiger partial charge in [0.2, 0.25) is 5.91 Å². The van der Waals surface area contributed by atoms with Crippen molar-refractivity contribution in [3.05, 3.63) is 28.7 Å². The predicted octanol–water partition coefficient (Wildman–Crippen LogP) is 3.59. The number of carbonyl (C=O) groups is 2. The maximum Gasteiger partial charge on any atom is 0.341 e. The molecule has 0 saturated heterocycles. The molecule has 4 rings (SSSR count). The van der Waals surface area contributed by atoms with Crippen molar-refractivity contribution in [1.29, 1.82) is 0 Å². The third-order valence-corrected chi connectivity index (χ3v) is 7.04. The number of nitrogens with zero attached hydrogens (tertiary/aromatic N) is 3. The molecule has 0 aromatic carbocycles. The van der Waals surface area contributed by atoms with Gasteiger partial charge in [0.15, 0.2) is 5.65 Å². The SMILES string of the molecule is CCOC(=O)c1c(NC(=O)[C@@H](C)Sc2ncnc3nc[nH]c23)sc2c1CCCC2. The first kappa shape index (κ1) is 19.8. The molecule has 3 heterocycles. The van der Waals surface area contributed by atoms with Crippen LogP contribution in [0, 0.1) is 0 Å². The van der Waals surface area contributed by atoms with Crippen molar-refractivity contribution in [3.8, 4) is 0 Å². The average Bonchev–Trinajstić information content (AvgIpc) is 3.32. The van der Waals surface area contributed by atoms with Crippen molar-refractivity contribution in [1.82, 2.24) is 19.9 Å². The molecule has 0 saturated carbocycles. The Morgan fingerprint density at radius 3 is 2.97 bits per heavy atom. The van der Waals surface area contributed by atoms with Crippen LogP contribution in [-0.4, -0.2) is 43.7 Å². The van der Waals surface area contributed by atoms with E-state index in [2.05, 4.69) is 25.3 Å². The molecule has 1 aliphatic carbocycles. The van der Waals surface area contributed by atoms with Gasteiger partial charge < -0.3 is 15.0 Å². The number of thiophene rings is 1. The van der Waals surface area contributed by atoms with Gasteiger partial charge in [-0.3, -0.25) is 4.79 Å². The topological polar surface area (TPSA) is 110 Å². The van der Waals surface area contributed by atoms with E-state index >= 15 is 0 Å². The van der Waals surface area contributed by atoms with Gasteiger partial charge in [0.05, 0.1) is 23.7 Å². The first-order chi connectivity index (χ1) is 14.1. The molecule has 3 aromatic heterocycles. The number of hydrogen-bond acceptors (Lipinski definition) is 8. The first-order valence-electron chi connectivity index (χ1n) is 9.51. The van der Waals surface area contributed by atoms with E-state index in [0.29, 0.717) is 33.4 Å². The van der Waals surface area contributed by atoms with Gasteiger partial charge in [-0.05, 0) is 45.1 Å². The summed E-state index contributed by atoms with van der Waals surface area (Å²) in [4.78, 5) is 42.1. The van der Waals surface area contributed by atoms with Gasteiger partial charge in [-0.15, -0.1) is 11.3 Å². The number of aromatic nitrogens is 4. The summed E-state index contributed by atoms with van der Waals surface area (Å²) in [6.45, 7) is 3.89. The van der Waals surface area contributed by atoms with E-state index < -0.39 is 5.25 Å². The number of ether oxygens (including phenoxy) is 1. The fraction of sp³-hybridized carbons (Fsp3) is 0.421. The maximum absolute atomic E-state index is 12.9. The van der Waals surface area contributed by atoms with Crippen LogP contribution < -0.4 is 5.32 Å². The summed E-state index contributed by atoms with van der Waals surface area (Å²) in [7, 11) is 0. The lowest BCUT2D eigenvalue weighted by molar-refractivity contribution is -0.115. The Morgan fingerprint density at radius 2 is 2.14 bits per heavy atom. The van der Waals surface area contributed by atoms with Gasteiger partial charge in [0, 0.05) is 4.88 Å².